The van der Waals surface area contributed by atoms with Crippen LogP contribution in [0.2, 0.25) is 0 Å². The van der Waals surface area contributed by atoms with E-state index in [-0.39, 0.29) is 51.9 Å². The standard InChI is InChI=1S/C57H78BN2S/c1-16-21-27-42(8)44(19-4)30-25-36-60(53-49-39-50-51(57(14,15)33-32-56(50,12)13)40-52(49)61-54(53)58-34-18-3)47(26-17-2)31-35-59-43(9)48(45-28-23-22-24-29-45)38-46(37-41(6)7)55(10,11)20-5/h17-19,22-26,28-31,34-35,37-42,59H,2,9,16,20-21,27,32-33,36H2,1,3-8,10-15H3/b30-25-,34-18+,35-31+,44-19+,46-37-,47-26+,48-38+/i22D,23D,24D,28D,29D. The molecule has 4 heteroatoms. The number of allylic oxidation sites excluding steroid dienone is 11. The van der Waals surface area contributed by atoms with Gasteiger partial charge in [0.2, 0.25) is 0 Å². The Balaban J connectivity index is 1.98. The molecule has 61 heavy (non-hydrogen) atoms. The number of rotatable bonds is 21. The number of nitrogens with one attached hydrogen (secondary N) is 1. The van der Waals surface area contributed by atoms with Crippen LogP contribution >= 0.6 is 11.3 Å². The molecule has 0 bridgehead atoms. The van der Waals surface area contributed by atoms with Crippen molar-refractivity contribution < 1.29 is 6.85 Å². The fraction of sp³-hybridized carbons (Fsp3) is 0.439. The molecular weight excluding hydrogens is 756 g/mol. The van der Waals surface area contributed by atoms with Crippen molar-refractivity contribution in [2.45, 2.75) is 139 Å². The van der Waals surface area contributed by atoms with E-state index in [1.807, 2.05) is 48.8 Å². The molecule has 1 aromatic heterocycles. The zero-order valence-electron chi connectivity index (χ0n) is 45.0. The van der Waals surface area contributed by atoms with Crippen LogP contribution in [0.25, 0.3) is 15.7 Å². The smallest absolute Gasteiger partial charge is 0.197 e. The fourth-order valence-electron chi connectivity index (χ4n) is 8.12. The van der Waals surface area contributed by atoms with Crippen LogP contribution in [0.5, 0.6) is 0 Å². The first kappa shape index (κ1) is 42.0. The molecule has 0 saturated heterocycles. The summed E-state index contributed by atoms with van der Waals surface area (Å²) in [6.07, 6.45) is 27.3. The number of hydrogen-bond donors (Lipinski definition) is 1. The van der Waals surface area contributed by atoms with Crippen LogP contribution in [-0.4, -0.2) is 13.8 Å². The van der Waals surface area contributed by atoms with Crippen molar-refractivity contribution in [3.63, 3.8) is 0 Å². The highest BCUT2D eigenvalue weighted by Crippen LogP contribution is 2.49. The van der Waals surface area contributed by atoms with Crippen LogP contribution in [0, 0.1) is 17.3 Å². The normalized spacial score (nSPS) is 18.0. The summed E-state index contributed by atoms with van der Waals surface area (Å²) in [5.41, 5.74) is 7.99. The minimum absolute atomic E-state index is 0.0255. The monoisotopic (exact) mass is 839 g/mol. The number of benzene rings is 2. The van der Waals surface area contributed by atoms with Gasteiger partial charge in [-0.3, -0.25) is 0 Å². The molecule has 2 aromatic carbocycles. The van der Waals surface area contributed by atoms with Crippen molar-refractivity contribution in [3.8, 4) is 0 Å². The van der Waals surface area contributed by atoms with Crippen molar-refractivity contribution in [1.29, 1.82) is 0 Å². The summed E-state index contributed by atoms with van der Waals surface area (Å²) in [5, 5.41) is 4.63. The molecule has 0 spiro atoms. The Hall–Kier alpha value is -4.28. The van der Waals surface area contributed by atoms with E-state index in [2.05, 4.69) is 162 Å². The third-order valence-electron chi connectivity index (χ3n) is 12.5. The maximum absolute atomic E-state index is 9.02. The largest absolute Gasteiger partial charge is 0.362 e. The van der Waals surface area contributed by atoms with Crippen LogP contribution in [0.1, 0.15) is 152 Å². The second-order valence-corrected chi connectivity index (χ2v) is 20.0. The molecule has 1 atom stereocenters. The van der Waals surface area contributed by atoms with E-state index in [4.69, 9.17) is 6.85 Å². The van der Waals surface area contributed by atoms with E-state index < -0.39 is 6.04 Å². The molecule has 0 fully saturated rings. The highest BCUT2D eigenvalue weighted by Gasteiger charge is 2.38. The van der Waals surface area contributed by atoms with E-state index in [1.165, 1.54) is 39.6 Å². The van der Waals surface area contributed by atoms with Gasteiger partial charge in [-0.2, -0.15) is 0 Å². The SMILES string of the molecule is [2H]c1c([2H])c([2H])c(/C(=C/C(=C/C(C)C)C(C)(C)CC)C(=C)N/C=C/C(=C\C=C)N(C/C=C\C(=C/C)C(C)CCCC)c2c([B]/C=C/C)sc3cc4c(cc23)C(C)(C)CCC4(C)C)c([2H])c1[2H]. The van der Waals surface area contributed by atoms with Gasteiger partial charge in [0.1, 0.15) is 0 Å². The van der Waals surface area contributed by atoms with Gasteiger partial charge < -0.3 is 10.2 Å². The van der Waals surface area contributed by atoms with Gasteiger partial charge in [-0.25, -0.2) is 0 Å². The molecule has 2 nitrogen and oxygen atoms in total. The van der Waals surface area contributed by atoms with Crippen molar-refractivity contribution in [2.75, 3.05) is 11.4 Å². The lowest BCUT2D eigenvalue weighted by Crippen LogP contribution is -2.33. The summed E-state index contributed by atoms with van der Waals surface area (Å²) in [7, 11) is 2.22. The Morgan fingerprint density at radius 1 is 1.02 bits per heavy atom. The van der Waals surface area contributed by atoms with Gasteiger partial charge in [0.15, 0.2) is 7.28 Å². The number of anilines is 1. The zero-order valence-corrected chi connectivity index (χ0v) is 40.8. The third kappa shape index (κ3) is 12.7. The van der Waals surface area contributed by atoms with Gasteiger partial charge in [-0.1, -0.05) is 163 Å². The molecule has 325 valence electrons. The summed E-state index contributed by atoms with van der Waals surface area (Å²) in [6.45, 7) is 38.2. The third-order valence-corrected chi connectivity index (χ3v) is 13.7. The first-order chi connectivity index (χ1) is 31.0. The molecule has 1 unspecified atom stereocenters. The van der Waals surface area contributed by atoms with Gasteiger partial charge in [0.05, 0.1) is 12.5 Å². The first-order valence-electron chi connectivity index (χ1n) is 25.2. The van der Waals surface area contributed by atoms with Gasteiger partial charge in [0.25, 0.3) is 0 Å². The molecular formula is C57H78BN2S. The summed E-state index contributed by atoms with van der Waals surface area (Å²) in [5.74, 6) is 2.78. The molecule has 3 aromatic rings. The Bertz CT molecular complexity index is 2440. The molecule has 1 aliphatic rings. The van der Waals surface area contributed by atoms with Gasteiger partial charge >= 0.3 is 0 Å². The molecule has 1 N–H and O–H groups in total. The molecule has 1 aliphatic carbocycles. The average molecular weight is 839 g/mol. The summed E-state index contributed by atoms with van der Waals surface area (Å²) in [6, 6.07) is 3.20. The number of nitrogens with zero attached hydrogens (tertiary/aromatic N) is 1. The predicted octanol–water partition coefficient (Wildman–Crippen LogP) is 16.0. The fourth-order valence-corrected chi connectivity index (χ4v) is 9.27. The van der Waals surface area contributed by atoms with Gasteiger partial charge in [0, 0.05) is 39.8 Å². The molecule has 0 aliphatic heterocycles. The summed E-state index contributed by atoms with van der Waals surface area (Å²) < 4.78 is 46.0. The summed E-state index contributed by atoms with van der Waals surface area (Å²) >= 11 is 1.83. The Morgan fingerprint density at radius 2 is 1.69 bits per heavy atom. The van der Waals surface area contributed by atoms with Gasteiger partial charge in [-0.15, -0.1) is 23.4 Å². The van der Waals surface area contributed by atoms with Crippen LogP contribution < -0.4 is 15.0 Å². The highest BCUT2D eigenvalue weighted by atomic mass is 32.1. The van der Waals surface area contributed by atoms with Crippen LogP contribution in [0.15, 0.2) is 145 Å². The molecule has 0 amide bonds. The van der Waals surface area contributed by atoms with Gasteiger partial charge in [-0.05, 0) is 131 Å². The van der Waals surface area contributed by atoms with Crippen LogP contribution in [0.3, 0.4) is 0 Å². The van der Waals surface area contributed by atoms with E-state index in [0.29, 0.717) is 23.7 Å². The average Bonchev–Trinajstić information content (AvgIpc) is 3.63. The number of fused-ring (bicyclic) bond motifs is 2. The zero-order chi connectivity index (χ0) is 49.3. The maximum Gasteiger partial charge on any atom is 0.197 e. The van der Waals surface area contributed by atoms with E-state index in [1.54, 1.807) is 0 Å². The highest BCUT2D eigenvalue weighted by molar-refractivity contribution is 7.28. The lowest BCUT2D eigenvalue weighted by Gasteiger charge is -2.42. The predicted molar refractivity (Wildman–Crippen MR) is 277 cm³/mol. The quantitative estimate of drug-likeness (QED) is 0.0849. The molecule has 0 saturated carbocycles. The Morgan fingerprint density at radius 3 is 2.28 bits per heavy atom. The van der Waals surface area contributed by atoms with E-state index >= 15 is 0 Å². The minimum Gasteiger partial charge on any atom is -0.362 e. The molecule has 1 heterocycles. The minimum atomic E-state index is -0.427. The van der Waals surface area contributed by atoms with Crippen LogP contribution in [-0.2, 0) is 10.8 Å². The topological polar surface area (TPSA) is 15.3 Å². The van der Waals surface area contributed by atoms with E-state index in [9.17, 15) is 0 Å². The number of unbranched alkanes of at least 4 members (excludes halogenated alkanes) is 1. The van der Waals surface area contributed by atoms with Crippen molar-refractivity contribution in [1.82, 2.24) is 5.32 Å². The van der Waals surface area contributed by atoms with Crippen molar-refractivity contribution in [3.05, 3.63) is 162 Å². The lowest BCUT2D eigenvalue weighted by atomic mass is 9.63. The second-order valence-electron chi connectivity index (χ2n) is 19.0. The van der Waals surface area contributed by atoms with E-state index in [0.717, 1.165) is 47.4 Å². The first-order valence-corrected chi connectivity index (χ1v) is 23.5. The number of thiophene rings is 1. The molecule has 4 rings (SSSR count). The second kappa shape index (κ2) is 22.2. The van der Waals surface area contributed by atoms with Crippen molar-refractivity contribution in [2.24, 2.45) is 17.3 Å². The Labute approximate surface area is 385 Å². The summed E-state index contributed by atoms with van der Waals surface area (Å²) in [4.78, 5) is 2.38. The Kier molecular flexibility index (Phi) is 15.3. The van der Waals surface area contributed by atoms with Crippen LogP contribution in [0.4, 0.5) is 5.69 Å². The number of hydrogen-bond acceptors (Lipinski definition) is 3. The molecule has 1 radical (unpaired) electrons. The lowest BCUT2D eigenvalue weighted by molar-refractivity contribution is 0.332. The van der Waals surface area contributed by atoms with Crippen molar-refractivity contribution >= 4 is 44.7 Å². The maximum atomic E-state index is 9.02.